The Morgan fingerprint density at radius 2 is 2.19 bits per heavy atom. The second-order valence-corrected chi connectivity index (χ2v) is 4.16. The van der Waals surface area contributed by atoms with Crippen molar-refractivity contribution in [3.05, 3.63) is 30.1 Å². The first-order chi connectivity index (χ1) is 7.59. The molecule has 2 rings (SSSR count). The Morgan fingerprint density at radius 1 is 1.44 bits per heavy atom. The van der Waals surface area contributed by atoms with Gasteiger partial charge in [-0.2, -0.15) is 0 Å². The van der Waals surface area contributed by atoms with Gasteiger partial charge < -0.3 is 4.98 Å². The number of aromatic amines is 1. The molecule has 0 saturated carbocycles. The molecule has 1 N–H and O–H groups in total. The van der Waals surface area contributed by atoms with E-state index in [9.17, 15) is 4.79 Å². The van der Waals surface area contributed by atoms with E-state index in [1.165, 1.54) is 0 Å². The van der Waals surface area contributed by atoms with Gasteiger partial charge in [-0.3, -0.25) is 9.69 Å². The van der Waals surface area contributed by atoms with Gasteiger partial charge >= 0.3 is 0 Å². The van der Waals surface area contributed by atoms with Crippen molar-refractivity contribution in [2.24, 2.45) is 0 Å². The van der Waals surface area contributed by atoms with E-state index in [-0.39, 0.29) is 11.8 Å². The second kappa shape index (κ2) is 4.06. The van der Waals surface area contributed by atoms with Gasteiger partial charge in [-0.1, -0.05) is 6.07 Å². The van der Waals surface area contributed by atoms with Crippen LogP contribution >= 0.6 is 0 Å². The molecule has 0 aliphatic carbocycles. The van der Waals surface area contributed by atoms with Crippen molar-refractivity contribution >= 4 is 16.8 Å². The molecule has 1 unspecified atom stereocenters. The van der Waals surface area contributed by atoms with E-state index in [4.69, 9.17) is 0 Å². The number of carbonyl (C=O) groups is 1. The lowest BCUT2D eigenvalue weighted by Gasteiger charge is -2.21. The van der Waals surface area contributed by atoms with Crippen LogP contribution in [-0.4, -0.2) is 34.7 Å². The Bertz CT molecular complexity index is 516. The van der Waals surface area contributed by atoms with E-state index >= 15 is 0 Å². The SMILES string of the molecule is CC(=O)C(c1ccc2nc[nH]c2c1)N(C)C. The molecular formula is C12H15N3O. The molecule has 16 heavy (non-hydrogen) atoms. The number of likely N-dealkylation sites (N-methyl/N-ethyl adjacent to an activating group) is 1. The number of H-pyrrole nitrogens is 1. The smallest absolute Gasteiger partial charge is 0.151 e. The largest absolute Gasteiger partial charge is 0.345 e. The third-order valence-corrected chi connectivity index (χ3v) is 2.66. The molecule has 0 aliphatic rings. The van der Waals surface area contributed by atoms with Crippen molar-refractivity contribution in [1.82, 2.24) is 14.9 Å². The van der Waals surface area contributed by atoms with Crippen LogP contribution in [0.25, 0.3) is 11.0 Å². The minimum Gasteiger partial charge on any atom is -0.345 e. The zero-order chi connectivity index (χ0) is 11.7. The van der Waals surface area contributed by atoms with Gasteiger partial charge in [-0.25, -0.2) is 4.98 Å². The first-order valence-electron chi connectivity index (χ1n) is 5.19. The number of hydrogen-bond donors (Lipinski definition) is 1. The number of rotatable bonds is 3. The third kappa shape index (κ3) is 1.84. The second-order valence-electron chi connectivity index (χ2n) is 4.16. The molecule has 0 spiro atoms. The Morgan fingerprint density at radius 3 is 2.81 bits per heavy atom. The van der Waals surface area contributed by atoms with Crippen molar-refractivity contribution in [3.63, 3.8) is 0 Å². The first-order valence-corrected chi connectivity index (χ1v) is 5.19. The summed E-state index contributed by atoms with van der Waals surface area (Å²) in [5.41, 5.74) is 2.88. The quantitative estimate of drug-likeness (QED) is 0.852. The lowest BCUT2D eigenvalue weighted by Crippen LogP contribution is -2.25. The molecule has 4 heteroatoms. The lowest BCUT2D eigenvalue weighted by atomic mass is 10.0. The van der Waals surface area contributed by atoms with Crippen LogP contribution in [0, 0.1) is 0 Å². The van der Waals surface area contributed by atoms with E-state index in [1.807, 2.05) is 37.2 Å². The molecule has 1 atom stereocenters. The standard InChI is InChI=1S/C12H15N3O/c1-8(16)12(15(2)3)9-4-5-10-11(6-9)14-7-13-10/h4-7,12H,1-3H3,(H,13,14). The third-order valence-electron chi connectivity index (χ3n) is 2.66. The Kier molecular flexibility index (Phi) is 2.75. The highest BCUT2D eigenvalue weighted by molar-refractivity contribution is 5.85. The van der Waals surface area contributed by atoms with Crippen molar-refractivity contribution in [3.8, 4) is 0 Å². The van der Waals surface area contributed by atoms with Crippen LogP contribution in [0.5, 0.6) is 0 Å². The van der Waals surface area contributed by atoms with E-state index in [0.717, 1.165) is 16.6 Å². The van der Waals surface area contributed by atoms with Crippen LogP contribution in [0.4, 0.5) is 0 Å². The number of nitrogens with one attached hydrogen (secondary N) is 1. The summed E-state index contributed by atoms with van der Waals surface area (Å²) in [5, 5.41) is 0. The summed E-state index contributed by atoms with van der Waals surface area (Å²) < 4.78 is 0. The highest BCUT2D eigenvalue weighted by atomic mass is 16.1. The van der Waals surface area contributed by atoms with Gasteiger partial charge in [0.1, 0.15) is 0 Å². The van der Waals surface area contributed by atoms with E-state index < -0.39 is 0 Å². The van der Waals surface area contributed by atoms with Crippen LogP contribution in [0.3, 0.4) is 0 Å². The molecule has 84 valence electrons. The fourth-order valence-electron chi connectivity index (χ4n) is 2.02. The molecule has 0 bridgehead atoms. The summed E-state index contributed by atoms with van der Waals surface area (Å²) in [5.74, 6) is 0.142. The predicted molar refractivity (Wildman–Crippen MR) is 63.2 cm³/mol. The van der Waals surface area contributed by atoms with E-state index in [2.05, 4.69) is 9.97 Å². The number of hydrogen-bond acceptors (Lipinski definition) is 3. The number of aromatic nitrogens is 2. The number of Topliss-reactive ketones (excluding diaryl/α,β-unsaturated/α-hetero) is 1. The fourth-order valence-corrected chi connectivity index (χ4v) is 2.02. The summed E-state index contributed by atoms with van der Waals surface area (Å²) >= 11 is 0. The Hall–Kier alpha value is -1.68. The zero-order valence-electron chi connectivity index (χ0n) is 9.69. The monoisotopic (exact) mass is 217 g/mol. The van der Waals surface area contributed by atoms with Gasteiger partial charge in [0.05, 0.1) is 23.4 Å². The maximum absolute atomic E-state index is 11.6. The molecule has 0 fully saturated rings. The molecule has 4 nitrogen and oxygen atoms in total. The topological polar surface area (TPSA) is 49.0 Å². The summed E-state index contributed by atoms with van der Waals surface area (Å²) in [6.45, 7) is 1.61. The maximum atomic E-state index is 11.6. The lowest BCUT2D eigenvalue weighted by molar-refractivity contribution is -0.121. The van der Waals surface area contributed by atoms with Crippen LogP contribution < -0.4 is 0 Å². The van der Waals surface area contributed by atoms with Crippen LogP contribution in [-0.2, 0) is 4.79 Å². The van der Waals surface area contributed by atoms with Crippen LogP contribution in [0.2, 0.25) is 0 Å². The normalized spacial score (nSPS) is 13.2. The fraction of sp³-hybridized carbons (Fsp3) is 0.333. The van der Waals surface area contributed by atoms with Crippen molar-refractivity contribution in [1.29, 1.82) is 0 Å². The van der Waals surface area contributed by atoms with Crippen molar-refractivity contribution in [2.45, 2.75) is 13.0 Å². The van der Waals surface area contributed by atoms with Crippen molar-refractivity contribution < 1.29 is 4.79 Å². The molecule has 1 heterocycles. The highest BCUT2D eigenvalue weighted by Crippen LogP contribution is 2.22. The zero-order valence-corrected chi connectivity index (χ0v) is 9.69. The minimum atomic E-state index is -0.187. The Labute approximate surface area is 94.3 Å². The molecule has 1 aromatic heterocycles. The van der Waals surface area contributed by atoms with Crippen LogP contribution in [0.1, 0.15) is 18.5 Å². The van der Waals surface area contributed by atoms with E-state index in [1.54, 1.807) is 13.3 Å². The molecule has 0 aliphatic heterocycles. The average Bonchev–Trinajstić information content (AvgIpc) is 2.63. The number of imidazole rings is 1. The summed E-state index contributed by atoms with van der Waals surface area (Å²) in [7, 11) is 3.81. The van der Waals surface area contributed by atoms with Gasteiger partial charge in [0, 0.05) is 0 Å². The summed E-state index contributed by atoms with van der Waals surface area (Å²) in [6, 6.07) is 5.68. The highest BCUT2D eigenvalue weighted by Gasteiger charge is 2.19. The predicted octanol–water partition coefficient (Wildman–Crippen LogP) is 1.75. The summed E-state index contributed by atoms with van der Waals surface area (Å²) in [6.07, 6.45) is 1.66. The molecule has 0 amide bonds. The maximum Gasteiger partial charge on any atom is 0.151 e. The number of carbonyl (C=O) groups excluding carboxylic acids is 1. The first kappa shape index (κ1) is 10.8. The molecular weight excluding hydrogens is 202 g/mol. The molecule has 2 aromatic rings. The van der Waals surface area contributed by atoms with E-state index in [0.29, 0.717) is 0 Å². The van der Waals surface area contributed by atoms with Gasteiger partial charge in [0.25, 0.3) is 0 Å². The molecule has 0 saturated heterocycles. The van der Waals surface area contributed by atoms with Crippen molar-refractivity contribution in [2.75, 3.05) is 14.1 Å². The number of ketones is 1. The van der Waals surface area contributed by atoms with Gasteiger partial charge in [0.15, 0.2) is 5.78 Å². The Balaban J connectivity index is 2.48. The number of fused-ring (bicyclic) bond motifs is 1. The van der Waals surface area contributed by atoms with Crippen LogP contribution in [0.15, 0.2) is 24.5 Å². The summed E-state index contributed by atoms with van der Waals surface area (Å²) in [4.78, 5) is 20.7. The average molecular weight is 217 g/mol. The number of benzene rings is 1. The minimum absolute atomic E-state index is 0.142. The molecule has 1 aromatic carbocycles. The van der Waals surface area contributed by atoms with Gasteiger partial charge in [-0.05, 0) is 38.7 Å². The number of nitrogens with zero attached hydrogens (tertiary/aromatic N) is 2. The van der Waals surface area contributed by atoms with Gasteiger partial charge in [0.2, 0.25) is 0 Å². The van der Waals surface area contributed by atoms with Gasteiger partial charge in [-0.15, -0.1) is 0 Å². The molecule has 0 radical (unpaired) electrons.